The van der Waals surface area contributed by atoms with Crippen molar-refractivity contribution in [3.63, 3.8) is 0 Å². The van der Waals surface area contributed by atoms with Gasteiger partial charge in [0.15, 0.2) is 0 Å². The van der Waals surface area contributed by atoms with Crippen molar-refractivity contribution in [1.82, 2.24) is 30.0 Å². The summed E-state index contributed by atoms with van der Waals surface area (Å²) >= 11 is 0. The monoisotopic (exact) mass is 262 g/mol. The second-order valence-electron chi connectivity index (χ2n) is 6.62. The molecule has 0 atom stereocenters. The summed E-state index contributed by atoms with van der Waals surface area (Å²) < 4.78 is 3.78. The Kier molecular flexibility index (Phi) is 3.20. The topological polar surface area (TPSA) is 61.4 Å². The van der Waals surface area contributed by atoms with Crippen molar-refractivity contribution < 1.29 is 0 Å². The maximum atomic E-state index is 4.25. The predicted octanol–water partition coefficient (Wildman–Crippen LogP) is 1.91. The third-order valence-corrected chi connectivity index (χ3v) is 3.07. The van der Waals surface area contributed by atoms with Crippen LogP contribution in [0.25, 0.3) is 0 Å². The first kappa shape index (κ1) is 13.7. The molecule has 2 rings (SSSR count). The van der Waals surface area contributed by atoms with E-state index in [9.17, 15) is 0 Å². The van der Waals surface area contributed by atoms with Crippen LogP contribution >= 0.6 is 0 Å². The van der Waals surface area contributed by atoms with Gasteiger partial charge in [0.05, 0.1) is 22.5 Å². The van der Waals surface area contributed by atoms with Gasteiger partial charge >= 0.3 is 0 Å². The summed E-state index contributed by atoms with van der Waals surface area (Å²) in [6, 6.07) is 0. The van der Waals surface area contributed by atoms with Crippen LogP contribution in [0.4, 0.5) is 0 Å². The van der Waals surface area contributed by atoms with Crippen LogP contribution in [0.1, 0.15) is 46.0 Å². The van der Waals surface area contributed by atoms with E-state index in [1.807, 2.05) is 28.7 Å². The highest BCUT2D eigenvalue weighted by Crippen LogP contribution is 2.20. The van der Waals surface area contributed by atoms with Crippen LogP contribution in [0.5, 0.6) is 0 Å². The smallest absolute Gasteiger partial charge is 0.0851 e. The van der Waals surface area contributed by atoms with Gasteiger partial charge in [-0.1, -0.05) is 10.4 Å². The van der Waals surface area contributed by atoms with Crippen LogP contribution in [-0.2, 0) is 17.5 Å². The van der Waals surface area contributed by atoms with Gasteiger partial charge in [-0.2, -0.15) is 0 Å². The van der Waals surface area contributed by atoms with E-state index in [2.05, 4.69) is 55.2 Å². The van der Waals surface area contributed by atoms with Crippen molar-refractivity contribution in [3.8, 4) is 0 Å². The first-order chi connectivity index (χ1) is 8.68. The van der Waals surface area contributed by atoms with E-state index in [-0.39, 0.29) is 11.1 Å². The summed E-state index contributed by atoms with van der Waals surface area (Å²) in [5, 5.41) is 16.6. The molecule has 0 N–H and O–H groups in total. The van der Waals surface area contributed by atoms with E-state index in [0.717, 1.165) is 17.8 Å². The Morgan fingerprint density at radius 2 is 1.58 bits per heavy atom. The van der Waals surface area contributed by atoms with Crippen LogP contribution in [0.15, 0.2) is 12.4 Å². The van der Waals surface area contributed by atoms with Gasteiger partial charge in [-0.25, -0.2) is 9.36 Å². The Balaban J connectivity index is 2.18. The minimum atomic E-state index is -0.167. The Bertz CT molecular complexity index is 558. The van der Waals surface area contributed by atoms with E-state index < -0.39 is 0 Å². The fraction of sp³-hybridized carbons (Fsp3) is 0.692. The number of rotatable bonds is 3. The largest absolute Gasteiger partial charge is 0.247 e. The lowest BCUT2D eigenvalue weighted by atomic mass is 9.99. The van der Waals surface area contributed by atoms with Gasteiger partial charge < -0.3 is 0 Å². The number of hydrogen-bond acceptors (Lipinski definition) is 4. The van der Waals surface area contributed by atoms with Gasteiger partial charge in [0, 0.05) is 18.8 Å². The maximum Gasteiger partial charge on any atom is 0.0851 e. The van der Waals surface area contributed by atoms with Crippen molar-refractivity contribution in [2.75, 3.05) is 0 Å². The predicted molar refractivity (Wildman–Crippen MR) is 72.8 cm³/mol. The van der Waals surface area contributed by atoms with E-state index in [4.69, 9.17) is 0 Å². The molecular weight excluding hydrogens is 240 g/mol. The summed E-state index contributed by atoms with van der Waals surface area (Å²) in [5.41, 5.74) is 1.68. The molecule has 0 aliphatic carbocycles. The molecule has 6 heteroatoms. The summed E-state index contributed by atoms with van der Waals surface area (Å²) in [4.78, 5) is 0. The lowest BCUT2D eigenvalue weighted by molar-refractivity contribution is 0.306. The van der Waals surface area contributed by atoms with Gasteiger partial charge in [-0.05, 0) is 41.5 Å². The van der Waals surface area contributed by atoms with Crippen LogP contribution in [0.2, 0.25) is 0 Å². The molecular formula is C13H22N6. The molecule has 0 spiro atoms. The van der Waals surface area contributed by atoms with Crippen molar-refractivity contribution in [1.29, 1.82) is 0 Å². The van der Waals surface area contributed by atoms with Gasteiger partial charge in [-0.3, -0.25) is 0 Å². The zero-order valence-corrected chi connectivity index (χ0v) is 12.5. The van der Waals surface area contributed by atoms with E-state index in [0.29, 0.717) is 0 Å². The highest BCUT2D eigenvalue weighted by atomic mass is 15.5. The van der Waals surface area contributed by atoms with E-state index in [1.54, 1.807) is 0 Å². The molecule has 19 heavy (non-hydrogen) atoms. The summed E-state index contributed by atoms with van der Waals surface area (Å²) in [5.74, 6) is 0. The molecule has 0 saturated carbocycles. The quantitative estimate of drug-likeness (QED) is 0.847. The van der Waals surface area contributed by atoms with Crippen molar-refractivity contribution in [2.24, 2.45) is 0 Å². The summed E-state index contributed by atoms with van der Waals surface area (Å²) in [7, 11) is 0. The fourth-order valence-electron chi connectivity index (χ4n) is 1.87. The molecule has 0 aliphatic heterocycles. The number of hydrogen-bond donors (Lipinski definition) is 0. The molecule has 0 fully saturated rings. The standard InChI is InChI=1S/C13H22N6/c1-10-8-19(16-14-10)13(5,6)7-11-9-18(17-15-11)12(2,3)4/h8-9H,7H2,1-6H3. The Morgan fingerprint density at radius 1 is 0.947 bits per heavy atom. The zero-order valence-electron chi connectivity index (χ0n) is 12.5. The Morgan fingerprint density at radius 3 is 2.05 bits per heavy atom. The second-order valence-corrected chi connectivity index (χ2v) is 6.62. The molecule has 0 unspecified atom stereocenters. The number of nitrogens with zero attached hydrogens (tertiary/aromatic N) is 6. The third-order valence-electron chi connectivity index (χ3n) is 3.07. The van der Waals surface area contributed by atoms with E-state index in [1.165, 1.54) is 0 Å². The van der Waals surface area contributed by atoms with Crippen LogP contribution < -0.4 is 0 Å². The summed E-state index contributed by atoms with van der Waals surface area (Å²) in [6.45, 7) is 12.5. The molecule has 0 saturated heterocycles. The SMILES string of the molecule is Cc1cn(C(C)(C)Cc2cn(C(C)(C)C)nn2)nn1. The van der Waals surface area contributed by atoms with Crippen LogP contribution in [-0.4, -0.2) is 30.0 Å². The zero-order chi connectivity index (χ0) is 14.3. The molecule has 0 bridgehead atoms. The van der Waals surface area contributed by atoms with Gasteiger partial charge in [0.2, 0.25) is 0 Å². The normalized spacial score (nSPS) is 12.9. The lowest BCUT2D eigenvalue weighted by Gasteiger charge is -2.23. The van der Waals surface area contributed by atoms with Gasteiger partial charge in [0.1, 0.15) is 0 Å². The second kappa shape index (κ2) is 4.43. The molecule has 2 heterocycles. The molecule has 0 radical (unpaired) electrons. The number of aromatic nitrogens is 6. The first-order valence-corrected chi connectivity index (χ1v) is 6.50. The first-order valence-electron chi connectivity index (χ1n) is 6.50. The minimum Gasteiger partial charge on any atom is -0.247 e. The van der Waals surface area contributed by atoms with Crippen molar-refractivity contribution >= 4 is 0 Å². The van der Waals surface area contributed by atoms with Crippen LogP contribution in [0, 0.1) is 6.92 Å². The van der Waals surface area contributed by atoms with Gasteiger partial charge in [-0.15, -0.1) is 10.2 Å². The summed E-state index contributed by atoms with van der Waals surface area (Å²) in [6.07, 6.45) is 4.73. The number of aryl methyl sites for hydroxylation is 1. The molecule has 2 aromatic heterocycles. The molecule has 0 amide bonds. The van der Waals surface area contributed by atoms with E-state index >= 15 is 0 Å². The van der Waals surface area contributed by atoms with Crippen LogP contribution in [0.3, 0.4) is 0 Å². The molecule has 0 aliphatic rings. The molecule has 6 nitrogen and oxygen atoms in total. The fourth-order valence-corrected chi connectivity index (χ4v) is 1.87. The Hall–Kier alpha value is -1.72. The van der Waals surface area contributed by atoms with Crippen molar-refractivity contribution in [2.45, 2.75) is 59.0 Å². The molecule has 104 valence electrons. The third kappa shape index (κ3) is 3.00. The average Bonchev–Trinajstić information content (AvgIpc) is 2.85. The highest BCUT2D eigenvalue weighted by molar-refractivity contribution is 5.01. The maximum absolute atomic E-state index is 4.25. The molecule has 2 aromatic rings. The average molecular weight is 262 g/mol. The van der Waals surface area contributed by atoms with Gasteiger partial charge in [0.25, 0.3) is 0 Å². The lowest BCUT2D eigenvalue weighted by Crippen LogP contribution is -2.30. The van der Waals surface area contributed by atoms with Crippen molar-refractivity contribution in [3.05, 3.63) is 23.8 Å². The highest BCUT2D eigenvalue weighted by Gasteiger charge is 2.25. The minimum absolute atomic E-state index is 0.0424. The Labute approximate surface area is 113 Å². The molecule has 0 aromatic carbocycles.